The van der Waals surface area contributed by atoms with Crippen molar-refractivity contribution < 1.29 is 18.0 Å². The predicted molar refractivity (Wildman–Crippen MR) is 78.6 cm³/mol. The second kappa shape index (κ2) is 6.20. The van der Waals surface area contributed by atoms with Gasteiger partial charge >= 0.3 is 6.18 Å². The first-order chi connectivity index (χ1) is 9.75. The van der Waals surface area contributed by atoms with Crippen LogP contribution in [0.4, 0.5) is 13.2 Å². The average Bonchev–Trinajstić information content (AvgIpc) is 2.37. The van der Waals surface area contributed by atoms with E-state index in [4.69, 9.17) is 11.6 Å². The first-order valence-electron chi connectivity index (χ1n) is 5.91. The van der Waals surface area contributed by atoms with Gasteiger partial charge < -0.3 is 0 Å². The fraction of sp³-hybridized carbons (Fsp3) is 0.133. The van der Waals surface area contributed by atoms with E-state index in [1.165, 1.54) is 18.2 Å². The zero-order valence-electron chi connectivity index (χ0n) is 10.5. The second-order valence-corrected chi connectivity index (χ2v) is 5.80. The Morgan fingerprint density at radius 3 is 2.24 bits per heavy atom. The van der Waals surface area contributed by atoms with Gasteiger partial charge in [0, 0.05) is 21.5 Å². The highest BCUT2D eigenvalue weighted by molar-refractivity contribution is 9.10. The summed E-state index contributed by atoms with van der Waals surface area (Å²) in [5.74, 6) is -0.210. The van der Waals surface area contributed by atoms with E-state index in [0.29, 0.717) is 20.6 Å². The molecule has 0 amide bonds. The molecule has 6 heteroatoms. The number of hydrogen-bond acceptors (Lipinski definition) is 1. The summed E-state index contributed by atoms with van der Waals surface area (Å²) in [6, 6.07) is 9.35. The molecule has 0 N–H and O–H groups in total. The lowest BCUT2D eigenvalue weighted by molar-refractivity contribution is -0.137. The highest BCUT2D eigenvalue weighted by atomic mass is 79.9. The van der Waals surface area contributed by atoms with Gasteiger partial charge in [0.15, 0.2) is 5.78 Å². The van der Waals surface area contributed by atoms with Crippen LogP contribution < -0.4 is 0 Å². The van der Waals surface area contributed by atoms with Crippen LogP contribution in [0.3, 0.4) is 0 Å². The van der Waals surface area contributed by atoms with Gasteiger partial charge in [0.25, 0.3) is 0 Å². The molecule has 0 spiro atoms. The monoisotopic (exact) mass is 376 g/mol. The molecule has 0 atom stereocenters. The van der Waals surface area contributed by atoms with Gasteiger partial charge in [-0.2, -0.15) is 13.2 Å². The van der Waals surface area contributed by atoms with Gasteiger partial charge in [-0.25, -0.2) is 0 Å². The maximum Gasteiger partial charge on any atom is 0.416 e. The fourth-order valence-corrected chi connectivity index (χ4v) is 2.67. The van der Waals surface area contributed by atoms with Gasteiger partial charge in [-0.3, -0.25) is 4.79 Å². The third-order valence-electron chi connectivity index (χ3n) is 2.83. The Kier molecular flexibility index (Phi) is 4.74. The van der Waals surface area contributed by atoms with Gasteiger partial charge in [-0.1, -0.05) is 39.7 Å². The second-order valence-electron chi connectivity index (χ2n) is 4.45. The fourth-order valence-electron chi connectivity index (χ4n) is 1.81. The summed E-state index contributed by atoms with van der Waals surface area (Å²) in [7, 11) is 0. The molecule has 0 heterocycles. The van der Waals surface area contributed by atoms with Crippen molar-refractivity contribution in [1.29, 1.82) is 0 Å². The molecular formula is C15H9BrClF3O. The molecule has 110 valence electrons. The van der Waals surface area contributed by atoms with Crippen molar-refractivity contribution >= 4 is 33.3 Å². The lowest BCUT2D eigenvalue weighted by atomic mass is 10.0. The van der Waals surface area contributed by atoms with E-state index < -0.39 is 11.7 Å². The van der Waals surface area contributed by atoms with Gasteiger partial charge in [0.1, 0.15) is 0 Å². The lowest BCUT2D eigenvalue weighted by Gasteiger charge is -2.07. The summed E-state index contributed by atoms with van der Waals surface area (Å²) in [6.45, 7) is 0. The Morgan fingerprint density at radius 1 is 1.10 bits per heavy atom. The van der Waals surface area contributed by atoms with E-state index in [1.54, 1.807) is 12.1 Å². The number of rotatable bonds is 3. The SMILES string of the molecule is O=C(Cc1ccc(C(F)(F)F)cc1)c1cc(Cl)cc(Br)c1. The summed E-state index contributed by atoms with van der Waals surface area (Å²) in [5.41, 5.74) is 0.197. The summed E-state index contributed by atoms with van der Waals surface area (Å²) in [4.78, 5) is 12.1. The van der Waals surface area contributed by atoms with Crippen LogP contribution in [-0.4, -0.2) is 5.78 Å². The van der Waals surface area contributed by atoms with Crippen molar-refractivity contribution in [2.24, 2.45) is 0 Å². The molecule has 0 unspecified atom stereocenters. The molecule has 0 fully saturated rings. The number of benzene rings is 2. The Morgan fingerprint density at radius 2 is 1.71 bits per heavy atom. The van der Waals surface area contributed by atoms with Crippen LogP contribution in [-0.2, 0) is 12.6 Å². The van der Waals surface area contributed by atoms with Crippen molar-refractivity contribution in [3.8, 4) is 0 Å². The highest BCUT2D eigenvalue weighted by Crippen LogP contribution is 2.29. The van der Waals surface area contributed by atoms with E-state index in [1.807, 2.05) is 0 Å². The van der Waals surface area contributed by atoms with E-state index >= 15 is 0 Å². The Balaban J connectivity index is 2.16. The van der Waals surface area contributed by atoms with Crippen molar-refractivity contribution in [2.45, 2.75) is 12.6 Å². The molecule has 2 rings (SSSR count). The number of carbonyl (C=O) groups is 1. The summed E-state index contributed by atoms with van der Waals surface area (Å²) in [5, 5.41) is 0.417. The zero-order valence-corrected chi connectivity index (χ0v) is 12.9. The maximum atomic E-state index is 12.4. The van der Waals surface area contributed by atoms with Crippen LogP contribution in [0.5, 0.6) is 0 Å². The Bertz CT molecular complexity index is 645. The number of carbonyl (C=O) groups excluding carboxylic acids is 1. The maximum absolute atomic E-state index is 12.4. The molecule has 0 saturated heterocycles. The molecule has 2 aromatic carbocycles. The summed E-state index contributed by atoms with van der Waals surface area (Å²) >= 11 is 9.10. The standard InChI is InChI=1S/C15H9BrClF3O/c16-12-6-10(7-13(17)8-12)14(21)5-9-1-3-11(4-2-9)15(18,19)20/h1-4,6-8H,5H2. The summed E-state index contributed by atoms with van der Waals surface area (Å²) in [6.07, 6.45) is -4.36. The van der Waals surface area contributed by atoms with E-state index in [0.717, 1.165) is 12.1 Å². The molecule has 0 aromatic heterocycles. The molecule has 0 bridgehead atoms. The van der Waals surface area contributed by atoms with Crippen LogP contribution in [0.25, 0.3) is 0 Å². The molecule has 21 heavy (non-hydrogen) atoms. The number of hydrogen-bond donors (Lipinski definition) is 0. The number of alkyl halides is 3. The molecule has 0 saturated carbocycles. The van der Waals surface area contributed by atoms with Crippen molar-refractivity contribution in [3.05, 3.63) is 68.7 Å². The van der Waals surface area contributed by atoms with Gasteiger partial charge in [0.2, 0.25) is 0 Å². The van der Waals surface area contributed by atoms with Gasteiger partial charge in [-0.15, -0.1) is 0 Å². The van der Waals surface area contributed by atoms with Crippen molar-refractivity contribution in [3.63, 3.8) is 0 Å². The first-order valence-corrected chi connectivity index (χ1v) is 7.08. The predicted octanol–water partition coefficient (Wildman–Crippen LogP) is 5.55. The van der Waals surface area contributed by atoms with Crippen molar-refractivity contribution in [1.82, 2.24) is 0 Å². The minimum atomic E-state index is -4.37. The molecule has 0 aliphatic rings. The zero-order chi connectivity index (χ0) is 15.6. The van der Waals surface area contributed by atoms with Crippen LogP contribution in [0, 0.1) is 0 Å². The normalized spacial score (nSPS) is 11.5. The van der Waals surface area contributed by atoms with E-state index in [-0.39, 0.29) is 12.2 Å². The minimum absolute atomic E-state index is 0.0188. The van der Waals surface area contributed by atoms with E-state index in [2.05, 4.69) is 15.9 Å². The van der Waals surface area contributed by atoms with Crippen LogP contribution in [0.15, 0.2) is 46.9 Å². The van der Waals surface area contributed by atoms with E-state index in [9.17, 15) is 18.0 Å². The molecular weight excluding hydrogens is 369 g/mol. The quantitative estimate of drug-likeness (QED) is 0.641. The highest BCUT2D eigenvalue weighted by Gasteiger charge is 2.29. The van der Waals surface area contributed by atoms with Gasteiger partial charge in [0.05, 0.1) is 5.56 Å². The summed E-state index contributed by atoms with van der Waals surface area (Å²) < 4.78 is 38.0. The van der Waals surface area contributed by atoms with Crippen molar-refractivity contribution in [2.75, 3.05) is 0 Å². The Labute approximate surface area is 132 Å². The smallest absolute Gasteiger partial charge is 0.294 e. The van der Waals surface area contributed by atoms with Crippen LogP contribution in [0.1, 0.15) is 21.5 Å². The average molecular weight is 378 g/mol. The third kappa shape index (κ3) is 4.32. The van der Waals surface area contributed by atoms with Gasteiger partial charge in [-0.05, 0) is 35.9 Å². The molecule has 1 nitrogen and oxygen atoms in total. The third-order valence-corrected chi connectivity index (χ3v) is 3.51. The molecule has 2 aromatic rings. The minimum Gasteiger partial charge on any atom is -0.294 e. The molecule has 0 aliphatic carbocycles. The lowest BCUT2D eigenvalue weighted by Crippen LogP contribution is -2.06. The Hall–Kier alpha value is -1.33. The molecule has 0 aliphatic heterocycles. The number of Topliss-reactive ketones (excluding diaryl/α,β-unsaturated/α-hetero) is 1. The van der Waals surface area contributed by atoms with Crippen LogP contribution >= 0.6 is 27.5 Å². The molecule has 0 radical (unpaired) electrons. The number of halogens is 5. The topological polar surface area (TPSA) is 17.1 Å². The van der Waals surface area contributed by atoms with Crippen LogP contribution in [0.2, 0.25) is 5.02 Å². The first kappa shape index (κ1) is 16.0. The number of ketones is 1. The largest absolute Gasteiger partial charge is 0.416 e.